The van der Waals surface area contributed by atoms with Crippen molar-refractivity contribution in [2.45, 2.75) is 71.3 Å². The predicted molar refractivity (Wildman–Crippen MR) is 220 cm³/mol. The van der Waals surface area contributed by atoms with Gasteiger partial charge in [-0.05, 0) is 112 Å². The quantitative estimate of drug-likeness (QED) is 0.0990. The number of nitrogens with zero attached hydrogens (tertiary/aromatic N) is 6. The highest BCUT2D eigenvalue weighted by Gasteiger charge is 2.31. The lowest BCUT2D eigenvalue weighted by Crippen LogP contribution is -2.46. The fourth-order valence-electron chi connectivity index (χ4n) is 8.31. The summed E-state index contributed by atoms with van der Waals surface area (Å²) in [6.07, 6.45) is 3.40. The number of ether oxygens (including phenoxy) is 4. The molecule has 6 aromatic rings. The fourth-order valence-corrected chi connectivity index (χ4v) is 8.31. The Balaban J connectivity index is 0.856. The molecular weight excluding hydrogens is 763 g/mol. The summed E-state index contributed by atoms with van der Waals surface area (Å²) in [6, 6.07) is 25.2. The second-order valence-electron chi connectivity index (χ2n) is 15.0. The van der Waals surface area contributed by atoms with E-state index in [1.165, 1.54) is 0 Å². The van der Waals surface area contributed by atoms with Crippen molar-refractivity contribution in [2.24, 2.45) is 0 Å². The maximum Gasteiger partial charge on any atom is 0.258 e. The van der Waals surface area contributed by atoms with Gasteiger partial charge in [0.1, 0.15) is 11.8 Å². The van der Waals surface area contributed by atoms with Gasteiger partial charge in [0.15, 0.2) is 17.8 Å². The molecule has 0 bridgehead atoms. The standard InChI is InChI=1S/C46H45N7O7/c1-4-55-40-19-14-29(24-41(40)56-5-2)46-50-44(52-60-46)36-12-7-10-34-32(36)16-20-39(34)58-27(3)57-38-18-13-28(23-30(38)25-47)45-49-43(51-59-45)35-11-6-9-33-31(35)15-17-37(33)48-26-42(54)53-21-8-22-53/h6-7,9-14,18-19,23-24,27,37,39,48H,4-5,8,15-17,20-22,26H2,1-3H3. The number of carbonyl (C=O) groups is 1. The molecule has 0 saturated carbocycles. The molecule has 9 rings (SSSR count). The first-order valence-corrected chi connectivity index (χ1v) is 20.6. The largest absolute Gasteiger partial charge is 0.490 e. The maximum atomic E-state index is 12.5. The minimum Gasteiger partial charge on any atom is -0.490 e. The normalized spacial score (nSPS) is 17.1. The summed E-state index contributed by atoms with van der Waals surface area (Å²) in [5.41, 5.74) is 7.85. The fraction of sp³-hybridized carbons (Fsp3) is 0.348. The zero-order valence-corrected chi connectivity index (χ0v) is 33.8. The average Bonchev–Trinajstić information content (AvgIpc) is 4.08. The third-order valence-electron chi connectivity index (χ3n) is 11.3. The number of hydrogen-bond acceptors (Lipinski definition) is 13. The number of fused-ring (bicyclic) bond motifs is 2. The van der Waals surface area contributed by atoms with Crippen LogP contribution in [0, 0.1) is 11.3 Å². The minimum absolute atomic E-state index is 0.0894. The zero-order valence-electron chi connectivity index (χ0n) is 33.8. The molecule has 14 heteroatoms. The second kappa shape index (κ2) is 17.0. The van der Waals surface area contributed by atoms with E-state index in [0.29, 0.717) is 71.6 Å². The third kappa shape index (κ3) is 7.69. The van der Waals surface area contributed by atoms with E-state index in [-0.39, 0.29) is 18.1 Å². The van der Waals surface area contributed by atoms with Gasteiger partial charge in [-0.15, -0.1) is 0 Å². The molecule has 1 fully saturated rings. The van der Waals surface area contributed by atoms with Crippen LogP contribution in [-0.2, 0) is 22.4 Å². The topological polar surface area (TPSA) is 171 Å². The Morgan fingerprint density at radius 1 is 0.833 bits per heavy atom. The highest BCUT2D eigenvalue weighted by atomic mass is 16.7. The van der Waals surface area contributed by atoms with E-state index in [9.17, 15) is 10.1 Å². The van der Waals surface area contributed by atoms with Gasteiger partial charge < -0.3 is 38.2 Å². The van der Waals surface area contributed by atoms with E-state index in [4.69, 9.17) is 38.0 Å². The number of amides is 1. The van der Waals surface area contributed by atoms with E-state index < -0.39 is 6.29 Å². The number of benzene rings is 4. The molecule has 306 valence electrons. The number of nitriles is 1. The minimum atomic E-state index is -0.666. The number of likely N-dealkylation sites (tertiary alicyclic amines) is 1. The maximum absolute atomic E-state index is 12.5. The molecule has 1 N–H and O–H groups in total. The third-order valence-corrected chi connectivity index (χ3v) is 11.3. The van der Waals surface area contributed by atoms with Crippen LogP contribution in [0.2, 0.25) is 0 Å². The predicted octanol–water partition coefficient (Wildman–Crippen LogP) is 8.03. The molecule has 2 aromatic heterocycles. The average molecular weight is 808 g/mol. The van der Waals surface area contributed by atoms with Crippen molar-refractivity contribution in [2.75, 3.05) is 32.8 Å². The van der Waals surface area contributed by atoms with Crippen LogP contribution >= 0.6 is 0 Å². The Kier molecular flexibility index (Phi) is 11.0. The molecule has 1 saturated heterocycles. The Morgan fingerprint density at radius 2 is 1.47 bits per heavy atom. The molecule has 3 aliphatic rings. The first-order chi connectivity index (χ1) is 29.4. The van der Waals surface area contributed by atoms with E-state index in [1.807, 2.05) is 68.1 Å². The Labute approximate surface area is 347 Å². The molecule has 14 nitrogen and oxygen atoms in total. The van der Waals surface area contributed by atoms with Crippen molar-refractivity contribution in [1.82, 2.24) is 30.5 Å². The first kappa shape index (κ1) is 38.9. The van der Waals surface area contributed by atoms with Crippen molar-refractivity contribution in [3.63, 3.8) is 0 Å². The van der Waals surface area contributed by atoms with Crippen molar-refractivity contribution in [1.29, 1.82) is 5.26 Å². The lowest BCUT2D eigenvalue weighted by atomic mass is 10.0. The molecule has 3 unspecified atom stereocenters. The molecule has 2 aliphatic carbocycles. The van der Waals surface area contributed by atoms with Crippen LogP contribution in [0.15, 0.2) is 81.8 Å². The highest BCUT2D eigenvalue weighted by molar-refractivity contribution is 5.79. The van der Waals surface area contributed by atoms with Crippen LogP contribution in [0.3, 0.4) is 0 Å². The van der Waals surface area contributed by atoms with Crippen molar-refractivity contribution in [3.8, 4) is 69.0 Å². The van der Waals surface area contributed by atoms with Gasteiger partial charge in [0.25, 0.3) is 11.8 Å². The van der Waals surface area contributed by atoms with Gasteiger partial charge in [-0.2, -0.15) is 15.2 Å². The van der Waals surface area contributed by atoms with E-state index >= 15 is 0 Å². The Bertz CT molecular complexity index is 2570. The van der Waals surface area contributed by atoms with Gasteiger partial charge in [-0.1, -0.05) is 46.7 Å². The first-order valence-electron chi connectivity index (χ1n) is 20.6. The van der Waals surface area contributed by atoms with E-state index in [2.05, 4.69) is 33.8 Å². The van der Waals surface area contributed by atoms with Crippen LogP contribution in [0.5, 0.6) is 17.2 Å². The summed E-state index contributed by atoms with van der Waals surface area (Å²) in [5, 5.41) is 22.2. The summed E-state index contributed by atoms with van der Waals surface area (Å²) < 4.78 is 35.6. The SMILES string of the molecule is CCOc1ccc(-c2nc(-c3cccc4c3CCC4OC(C)Oc3ccc(-c4nc(-c5cccc6c5CCC6NCC(=O)N5CCC5)no4)cc3C#N)no2)cc1OCC. The smallest absolute Gasteiger partial charge is 0.258 e. The summed E-state index contributed by atoms with van der Waals surface area (Å²) >= 11 is 0. The lowest BCUT2D eigenvalue weighted by Gasteiger charge is -2.31. The summed E-state index contributed by atoms with van der Waals surface area (Å²) in [4.78, 5) is 23.8. The number of carbonyl (C=O) groups excluding carboxylic acids is 1. The summed E-state index contributed by atoms with van der Waals surface area (Å²) in [7, 11) is 0. The van der Waals surface area contributed by atoms with Gasteiger partial charge in [-0.3, -0.25) is 4.79 Å². The van der Waals surface area contributed by atoms with Crippen molar-refractivity contribution < 1.29 is 32.8 Å². The Morgan fingerprint density at radius 3 is 2.13 bits per heavy atom. The van der Waals surface area contributed by atoms with Gasteiger partial charge in [0.05, 0.1) is 31.4 Å². The summed E-state index contributed by atoms with van der Waals surface area (Å²) in [5.74, 6) is 3.46. The van der Waals surface area contributed by atoms with Gasteiger partial charge in [-0.25, -0.2) is 0 Å². The molecule has 60 heavy (non-hydrogen) atoms. The molecule has 1 aliphatic heterocycles. The molecule has 1 amide bonds. The monoisotopic (exact) mass is 807 g/mol. The molecular formula is C46H45N7O7. The van der Waals surface area contributed by atoms with Crippen LogP contribution in [-0.4, -0.2) is 70.2 Å². The second-order valence-corrected chi connectivity index (χ2v) is 15.0. The van der Waals surface area contributed by atoms with Gasteiger partial charge >= 0.3 is 0 Å². The number of rotatable bonds is 15. The van der Waals surface area contributed by atoms with Gasteiger partial charge in [0, 0.05) is 41.4 Å². The van der Waals surface area contributed by atoms with Crippen LogP contribution < -0.4 is 19.5 Å². The van der Waals surface area contributed by atoms with Crippen LogP contribution in [0.25, 0.3) is 45.7 Å². The van der Waals surface area contributed by atoms with Crippen molar-refractivity contribution in [3.05, 3.63) is 101 Å². The van der Waals surface area contributed by atoms with Crippen LogP contribution in [0.1, 0.15) is 80.0 Å². The molecule has 0 radical (unpaired) electrons. The van der Waals surface area contributed by atoms with E-state index in [1.54, 1.807) is 18.2 Å². The highest BCUT2D eigenvalue weighted by Crippen LogP contribution is 2.41. The zero-order chi connectivity index (χ0) is 41.2. The van der Waals surface area contributed by atoms with E-state index in [0.717, 1.165) is 84.1 Å². The number of hydrogen-bond donors (Lipinski definition) is 1. The molecule has 3 atom stereocenters. The lowest BCUT2D eigenvalue weighted by molar-refractivity contribution is -0.133. The molecule has 3 heterocycles. The number of nitrogens with one attached hydrogen (secondary N) is 1. The summed E-state index contributed by atoms with van der Waals surface area (Å²) in [6.45, 7) is 8.72. The van der Waals surface area contributed by atoms with Crippen LogP contribution in [0.4, 0.5) is 0 Å². The number of aromatic nitrogens is 4. The van der Waals surface area contributed by atoms with Crippen molar-refractivity contribution >= 4 is 5.91 Å². The Hall–Kier alpha value is -6.56. The molecule has 0 spiro atoms. The van der Waals surface area contributed by atoms with Gasteiger partial charge in [0.2, 0.25) is 17.6 Å². The molecule has 4 aromatic carbocycles.